The molecule has 0 spiro atoms. The number of ether oxygens (including phenoxy) is 1. The molecule has 1 saturated heterocycles. The Morgan fingerprint density at radius 2 is 1.90 bits per heavy atom. The zero-order valence-electron chi connectivity index (χ0n) is 23.0. The van der Waals surface area contributed by atoms with Gasteiger partial charge in [-0.1, -0.05) is 36.3 Å². The fourth-order valence-electron chi connectivity index (χ4n) is 5.28. The topological polar surface area (TPSA) is 108 Å². The van der Waals surface area contributed by atoms with E-state index in [-0.39, 0.29) is 17.7 Å². The van der Waals surface area contributed by atoms with E-state index >= 15 is 0 Å². The summed E-state index contributed by atoms with van der Waals surface area (Å²) in [6.45, 7) is 5.77. The van der Waals surface area contributed by atoms with Crippen LogP contribution in [0.2, 0.25) is 0 Å². The number of halogens is 1. The van der Waals surface area contributed by atoms with E-state index in [1.54, 1.807) is 22.4 Å². The van der Waals surface area contributed by atoms with Gasteiger partial charge in [0.05, 0.1) is 23.0 Å². The zero-order chi connectivity index (χ0) is 28.2. The first-order chi connectivity index (χ1) is 20.0. The molecular formula is C29H33FN8O2S. The number of pyridine rings is 1. The van der Waals surface area contributed by atoms with Gasteiger partial charge >= 0.3 is 6.09 Å². The molecule has 4 aromatic rings. The van der Waals surface area contributed by atoms with Crippen molar-refractivity contribution in [3.05, 3.63) is 54.1 Å². The number of benzene rings is 1. The number of hydrogen-bond acceptors (Lipinski definition) is 10. The second kappa shape index (κ2) is 12.3. The number of piperazine rings is 1. The minimum atomic E-state index is -0.491. The Morgan fingerprint density at radius 1 is 1.07 bits per heavy atom. The van der Waals surface area contributed by atoms with Gasteiger partial charge in [0.1, 0.15) is 11.5 Å². The van der Waals surface area contributed by atoms with Crippen LogP contribution in [-0.4, -0.2) is 74.7 Å². The van der Waals surface area contributed by atoms with E-state index in [1.165, 1.54) is 31.9 Å². The van der Waals surface area contributed by atoms with Crippen LogP contribution in [0.4, 0.5) is 26.1 Å². The van der Waals surface area contributed by atoms with Crippen molar-refractivity contribution in [2.24, 2.45) is 0 Å². The Hall–Kier alpha value is -3.90. The normalized spacial score (nSPS) is 16.3. The first kappa shape index (κ1) is 27.3. The molecule has 10 nitrogen and oxygen atoms in total. The standard InChI is InChI=1S/C29H33FN8O2S/c1-2-40-29(39)38-13-11-37(12-14-38)18-19-7-10-25(31-16-19)35-27-32-17-22(30)26(36-27)20-8-9-23-24(15-20)41-28(34-23)33-21-5-3-4-6-21/h7-10,15-17,21H,2-6,11-14,18H2,1H3,(H,33,34)(H,31,32,35,36). The van der Waals surface area contributed by atoms with Gasteiger partial charge in [-0.3, -0.25) is 4.90 Å². The van der Waals surface area contributed by atoms with Crippen LogP contribution in [0.3, 0.4) is 0 Å². The number of amides is 1. The summed E-state index contributed by atoms with van der Waals surface area (Å²) >= 11 is 1.58. The van der Waals surface area contributed by atoms with E-state index in [0.717, 1.165) is 40.5 Å². The molecular weight excluding hydrogens is 543 g/mol. The smallest absolute Gasteiger partial charge is 0.409 e. The Kier molecular flexibility index (Phi) is 8.19. The lowest BCUT2D eigenvalue weighted by molar-refractivity contribution is 0.0778. The third-order valence-electron chi connectivity index (χ3n) is 7.46. The summed E-state index contributed by atoms with van der Waals surface area (Å²) < 4.78 is 20.9. The maximum Gasteiger partial charge on any atom is 0.409 e. The third-order valence-corrected chi connectivity index (χ3v) is 8.41. The van der Waals surface area contributed by atoms with Crippen LogP contribution >= 0.6 is 11.3 Å². The van der Waals surface area contributed by atoms with Crippen LogP contribution in [-0.2, 0) is 11.3 Å². The fraction of sp³-hybridized carbons (Fsp3) is 0.414. The molecule has 0 radical (unpaired) electrons. The number of thiazole rings is 1. The molecule has 2 fully saturated rings. The molecule has 12 heteroatoms. The van der Waals surface area contributed by atoms with Gasteiger partial charge in [0, 0.05) is 50.5 Å². The van der Waals surface area contributed by atoms with Crippen molar-refractivity contribution in [3.8, 4) is 11.3 Å². The van der Waals surface area contributed by atoms with Crippen molar-refractivity contribution in [1.82, 2.24) is 29.7 Å². The largest absolute Gasteiger partial charge is 0.450 e. The Balaban J connectivity index is 1.09. The molecule has 2 aliphatic rings. The summed E-state index contributed by atoms with van der Waals surface area (Å²) in [6, 6.07) is 10.0. The second-order valence-electron chi connectivity index (χ2n) is 10.4. The molecule has 3 aromatic heterocycles. The average molecular weight is 577 g/mol. The van der Waals surface area contributed by atoms with Crippen molar-refractivity contribution in [1.29, 1.82) is 0 Å². The highest BCUT2D eigenvalue weighted by atomic mass is 32.1. The highest BCUT2D eigenvalue weighted by Crippen LogP contribution is 2.33. The summed E-state index contributed by atoms with van der Waals surface area (Å²) in [6.07, 6.45) is 7.60. The van der Waals surface area contributed by atoms with Crippen molar-refractivity contribution >= 4 is 44.5 Å². The number of carbonyl (C=O) groups is 1. The number of fused-ring (bicyclic) bond motifs is 1. The van der Waals surface area contributed by atoms with Gasteiger partial charge < -0.3 is 20.3 Å². The first-order valence-corrected chi connectivity index (χ1v) is 14.9. The van der Waals surface area contributed by atoms with Gasteiger partial charge in [0.2, 0.25) is 5.95 Å². The van der Waals surface area contributed by atoms with E-state index in [4.69, 9.17) is 9.72 Å². The zero-order valence-corrected chi connectivity index (χ0v) is 23.8. The van der Waals surface area contributed by atoms with Crippen LogP contribution in [0, 0.1) is 5.82 Å². The quantitative estimate of drug-likeness (QED) is 0.275. The summed E-state index contributed by atoms with van der Waals surface area (Å²) in [5, 5.41) is 7.54. The van der Waals surface area contributed by atoms with E-state index in [1.807, 2.05) is 37.3 Å². The SMILES string of the molecule is CCOC(=O)N1CCN(Cc2ccc(Nc3ncc(F)c(-c4ccc5nc(NC6CCCC6)sc5c4)n3)nc2)CC1. The lowest BCUT2D eigenvalue weighted by Gasteiger charge is -2.33. The number of aromatic nitrogens is 4. The molecule has 41 heavy (non-hydrogen) atoms. The number of hydrogen-bond donors (Lipinski definition) is 2. The monoisotopic (exact) mass is 576 g/mol. The van der Waals surface area contributed by atoms with Gasteiger partial charge in [0.15, 0.2) is 10.9 Å². The van der Waals surface area contributed by atoms with E-state index in [0.29, 0.717) is 37.1 Å². The molecule has 2 N–H and O–H groups in total. The Morgan fingerprint density at radius 3 is 2.66 bits per heavy atom. The summed E-state index contributed by atoms with van der Waals surface area (Å²) in [5.74, 6) is 0.346. The highest BCUT2D eigenvalue weighted by molar-refractivity contribution is 7.22. The Bertz CT molecular complexity index is 1500. The highest BCUT2D eigenvalue weighted by Gasteiger charge is 2.22. The maximum atomic E-state index is 14.8. The lowest BCUT2D eigenvalue weighted by Crippen LogP contribution is -2.48. The number of nitrogens with zero attached hydrogens (tertiary/aromatic N) is 6. The third kappa shape index (κ3) is 6.54. The molecule has 1 amide bonds. The Labute approximate surface area is 242 Å². The molecule has 4 heterocycles. The summed E-state index contributed by atoms with van der Waals surface area (Å²) in [7, 11) is 0. The van der Waals surface area contributed by atoms with E-state index < -0.39 is 5.82 Å². The number of rotatable bonds is 8. The molecule has 0 atom stereocenters. The van der Waals surface area contributed by atoms with E-state index in [2.05, 4.69) is 30.5 Å². The molecule has 1 aromatic carbocycles. The van der Waals surface area contributed by atoms with E-state index in [9.17, 15) is 9.18 Å². The van der Waals surface area contributed by atoms with Crippen LogP contribution in [0.1, 0.15) is 38.2 Å². The van der Waals surface area contributed by atoms with Gasteiger partial charge in [-0.25, -0.2) is 29.1 Å². The van der Waals surface area contributed by atoms with Crippen LogP contribution in [0.25, 0.3) is 21.5 Å². The lowest BCUT2D eigenvalue weighted by atomic mass is 10.1. The van der Waals surface area contributed by atoms with Gasteiger partial charge in [-0.2, -0.15) is 0 Å². The summed E-state index contributed by atoms with van der Waals surface area (Å²) in [4.78, 5) is 33.7. The molecule has 1 aliphatic heterocycles. The molecule has 6 rings (SSSR count). The van der Waals surface area contributed by atoms with Crippen molar-refractivity contribution in [2.45, 2.75) is 45.2 Å². The van der Waals surface area contributed by atoms with Crippen molar-refractivity contribution in [3.63, 3.8) is 0 Å². The van der Waals surface area contributed by atoms with Gasteiger partial charge in [0.25, 0.3) is 0 Å². The molecule has 1 aliphatic carbocycles. The van der Waals surface area contributed by atoms with Crippen LogP contribution in [0.5, 0.6) is 0 Å². The predicted molar refractivity (Wildman–Crippen MR) is 158 cm³/mol. The molecule has 0 unspecified atom stereocenters. The molecule has 0 bridgehead atoms. The minimum absolute atomic E-state index is 0.224. The minimum Gasteiger partial charge on any atom is -0.450 e. The maximum absolute atomic E-state index is 14.8. The van der Waals surface area contributed by atoms with Crippen LogP contribution < -0.4 is 10.6 Å². The van der Waals surface area contributed by atoms with Gasteiger partial charge in [-0.15, -0.1) is 0 Å². The van der Waals surface area contributed by atoms with Crippen molar-refractivity contribution < 1.29 is 13.9 Å². The number of carbonyl (C=O) groups excluding carboxylic acids is 1. The molecule has 1 saturated carbocycles. The number of nitrogens with one attached hydrogen (secondary N) is 2. The van der Waals surface area contributed by atoms with Gasteiger partial charge in [-0.05, 0) is 43.5 Å². The second-order valence-corrected chi connectivity index (χ2v) is 11.4. The van der Waals surface area contributed by atoms with Crippen LogP contribution in [0.15, 0.2) is 42.7 Å². The predicted octanol–water partition coefficient (Wildman–Crippen LogP) is 5.66. The van der Waals surface area contributed by atoms with Crippen molar-refractivity contribution in [2.75, 3.05) is 43.4 Å². The molecule has 214 valence electrons. The fourth-order valence-corrected chi connectivity index (χ4v) is 6.26. The summed E-state index contributed by atoms with van der Waals surface area (Å²) in [5.41, 5.74) is 2.84. The average Bonchev–Trinajstić information content (AvgIpc) is 3.65. The number of anilines is 3. The first-order valence-electron chi connectivity index (χ1n) is 14.1.